The zero-order chi connectivity index (χ0) is 16.4. The second kappa shape index (κ2) is 6.19. The van der Waals surface area contributed by atoms with Gasteiger partial charge in [0.25, 0.3) is 5.91 Å². The summed E-state index contributed by atoms with van der Waals surface area (Å²) in [7, 11) is 0. The van der Waals surface area contributed by atoms with E-state index in [4.69, 9.17) is 4.74 Å². The smallest absolute Gasteiger partial charge is 0.335 e. The lowest BCUT2D eigenvalue weighted by atomic mass is 9.78. The van der Waals surface area contributed by atoms with Gasteiger partial charge in [0.05, 0.1) is 5.57 Å². The van der Waals surface area contributed by atoms with Crippen molar-refractivity contribution in [3.63, 3.8) is 0 Å². The third kappa shape index (κ3) is 2.90. The van der Waals surface area contributed by atoms with Crippen molar-refractivity contribution in [2.24, 2.45) is 0 Å². The van der Waals surface area contributed by atoms with Crippen molar-refractivity contribution in [1.29, 1.82) is 0 Å². The number of hydrogen-bond acceptors (Lipinski definition) is 3. The molecule has 1 aromatic rings. The lowest BCUT2D eigenvalue weighted by molar-refractivity contribution is -0.149. The molecule has 1 spiro atoms. The van der Waals surface area contributed by atoms with Gasteiger partial charge >= 0.3 is 5.97 Å². The van der Waals surface area contributed by atoms with Crippen LogP contribution in [-0.2, 0) is 20.9 Å². The van der Waals surface area contributed by atoms with Crippen molar-refractivity contribution in [3.05, 3.63) is 46.5 Å². The first-order valence-electron chi connectivity index (χ1n) is 8.31. The SMILES string of the molecule is CC1=C(C(=O)NCc2ccccc2C)C2(CCCCC2)OC1=O. The van der Waals surface area contributed by atoms with Crippen LogP contribution in [0.3, 0.4) is 0 Å². The molecule has 23 heavy (non-hydrogen) atoms. The number of aryl methyl sites for hydroxylation is 1. The molecule has 1 aliphatic heterocycles. The normalized spacial score (nSPS) is 19.8. The molecule has 4 nitrogen and oxygen atoms in total. The highest BCUT2D eigenvalue weighted by Crippen LogP contribution is 2.43. The molecule has 0 radical (unpaired) electrons. The van der Waals surface area contributed by atoms with E-state index in [9.17, 15) is 9.59 Å². The fraction of sp³-hybridized carbons (Fsp3) is 0.474. The molecule has 3 rings (SSSR count). The summed E-state index contributed by atoms with van der Waals surface area (Å²) in [6.07, 6.45) is 4.63. The molecular weight excluding hydrogens is 290 g/mol. The summed E-state index contributed by atoms with van der Waals surface area (Å²) in [4.78, 5) is 24.8. The highest BCUT2D eigenvalue weighted by molar-refractivity contribution is 6.07. The first-order valence-corrected chi connectivity index (χ1v) is 8.31. The number of carbonyl (C=O) groups excluding carboxylic acids is 2. The third-order valence-corrected chi connectivity index (χ3v) is 5.01. The lowest BCUT2D eigenvalue weighted by Gasteiger charge is -2.34. The predicted octanol–water partition coefficient (Wildman–Crippen LogP) is 3.19. The van der Waals surface area contributed by atoms with Crippen molar-refractivity contribution < 1.29 is 14.3 Å². The molecule has 0 saturated heterocycles. The van der Waals surface area contributed by atoms with E-state index in [1.165, 1.54) is 0 Å². The Kier molecular flexibility index (Phi) is 4.24. The van der Waals surface area contributed by atoms with Crippen molar-refractivity contribution in [2.45, 2.75) is 58.1 Å². The van der Waals surface area contributed by atoms with Crippen LogP contribution in [0.5, 0.6) is 0 Å². The van der Waals surface area contributed by atoms with E-state index >= 15 is 0 Å². The van der Waals surface area contributed by atoms with Gasteiger partial charge in [0.2, 0.25) is 0 Å². The maximum Gasteiger partial charge on any atom is 0.335 e. The highest BCUT2D eigenvalue weighted by Gasteiger charge is 2.49. The summed E-state index contributed by atoms with van der Waals surface area (Å²) < 4.78 is 5.64. The van der Waals surface area contributed by atoms with Gasteiger partial charge in [0.1, 0.15) is 5.60 Å². The monoisotopic (exact) mass is 313 g/mol. The van der Waals surface area contributed by atoms with Crippen LogP contribution in [-0.4, -0.2) is 17.5 Å². The van der Waals surface area contributed by atoms with Crippen molar-refractivity contribution in [3.8, 4) is 0 Å². The van der Waals surface area contributed by atoms with Gasteiger partial charge < -0.3 is 10.1 Å². The molecule has 0 bridgehead atoms. The molecule has 1 fully saturated rings. The van der Waals surface area contributed by atoms with Crippen LogP contribution in [0.25, 0.3) is 0 Å². The first-order chi connectivity index (χ1) is 11.0. The molecule has 2 aliphatic rings. The maximum absolute atomic E-state index is 12.8. The number of carbonyl (C=O) groups is 2. The van der Waals surface area contributed by atoms with Gasteiger partial charge in [0.15, 0.2) is 0 Å². The second-order valence-corrected chi connectivity index (χ2v) is 6.55. The molecule has 1 heterocycles. The Balaban J connectivity index is 1.79. The first kappa shape index (κ1) is 15.8. The fourth-order valence-corrected chi connectivity index (χ4v) is 3.67. The maximum atomic E-state index is 12.8. The molecular formula is C19H23NO3. The van der Waals surface area contributed by atoms with Crippen molar-refractivity contribution in [1.82, 2.24) is 5.32 Å². The molecule has 0 unspecified atom stereocenters. The number of benzene rings is 1. The van der Waals surface area contributed by atoms with E-state index < -0.39 is 5.60 Å². The number of hydrogen-bond donors (Lipinski definition) is 1. The van der Waals surface area contributed by atoms with E-state index in [-0.39, 0.29) is 11.9 Å². The Morgan fingerprint density at radius 1 is 1.17 bits per heavy atom. The van der Waals surface area contributed by atoms with E-state index in [0.29, 0.717) is 17.7 Å². The Bertz CT molecular complexity index is 669. The van der Waals surface area contributed by atoms with Crippen LogP contribution < -0.4 is 5.32 Å². The quantitative estimate of drug-likeness (QED) is 0.872. The van der Waals surface area contributed by atoms with E-state index in [1.54, 1.807) is 6.92 Å². The van der Waals surface area contributed by atoms with Crippen LogP contribution in [0.15, 0.2) is 35.4 Å². The second-order valence-electron chi connectivity index (χ2n) is 6.55. The minimum Gasteiger partial charge on any atom is -0.451 e. The summed E-state index contributed by atoms with van der Waals surface area (Å²) in [6.45, 7) is 4.19. The molecule has 0 aromatic heterocycles. The zero-order valence-corrected chi connectivity index (χ0v) is 13.8. The molecule has 1 N–H and O–H groups in total. The lowest BCUT2D eigenvalue weighted by Crippen LogP contribution is -2.41. The Morgan fingerprint density at radius 2 is 1.87 bits per heavy atom. The van der Waals surface area contributed by atoms with Crippen LogP contribution in [0.1, 0.15) is 50.2 Å². The Labute approximate surface area is 136 Å². The average molecular weight is 313 g/mol. The molecule has 4 heteroatoms. The number of rotatable bonds is 3. The largest absolute Gasteiger partial charge is 0.451 e. The van der Waals surface area contributed by atoms with Gasteiger partial charge in [-0.1, -0.05) is 30.7 Å². The van der Waals surface area contributed by atoms with Crippen LogP contribution in [0, 0.1) is 6.92 Å². The van der Waals surface area contributed by atoms with E-state index in [2.05, 4.69) is 5.32 Å². The topological polar surface area (TPSA) is 55.4 Å². The third-order valence-electron chi connectivity index (χ3n) is 5.01. The summed E-state index contributed by atoms with van der Waals surface area (Å²) in [6, 6.07) is 7.97. The molecule has 0 atom stereocenters. The van der Waals surface area contributed by atoms with Crippen molar-refractivity contribution in [2.75, 3.05) is 0 Å². The highest BCUT2D eigenvalue weighted by atomic mass is 16.6. The average Bonchev–Trinajstić information content (AvgIpc) is 2.77. The molecule has 122 valence electrons. The number of nitrogens with one attached hydrogen (secondary N) is 1. The van der Waals surface area contributed by atoms with Crippen LogP contribution in [0.2, 0.25) is 0 Å². The minimum atomic E-state index is -0.685. The van der Waals surface area contributed by atoms with Gasteiger partial charge in [-0.2, -0.15) is 0 Å². The van der Waals surface area contributed by atoms with Gasteiger partial charge in [-0.15, -0.1) is 0 Å². The van der Waals surface area contributed by atoms with E-state index in [1.807, 2.05) is 31.2 Å². The molecule has 1 saturated carbocycles. The Hall–Kier alpha value is -2.10. The standard InChI is InChI=1S/C19H23NO3/c1-13-8-4-5-9-15(13)12-20-17(21)16-14(2)18(22)23-19(16)10-6-3-7-11-19/h4-5,8-9H,3,6-7,10-12H2,1-2H3,(H,20,21). The van der Waals surface area contributed by atoms with E-state index in [0.717, 1.165) is 43.2 Å². The van der Waals surface area contributed by atoms with Crippen LogP contribution >= 0.6 is 0 Å². The fourth-order valence-electron chi connectivity index (χ4n) is 3.67. The predicted molar refractivity (Wildman–Crippen MR) is 87.6 cm³/mol. The number of amides is 1. The summed E-state index contributed by atoms with van der Waals surface area (Å²) in [5, 5.41) is 2.98. The summed E-state index contributed by atoms with van der Waals surface area (Å²) in [5.74, 6) is -0.508. The van der Waals surface area contributed by atoms with Gasteiger partial charge in [-0.05, 0) is 50.7 Å². The minimum absolute atomic E-state index is 0.168. The summed E-state index contributed by atoms with van der Waals surface area (Å²) >= 11 is 0. The molecule has 1 aliphatic carbocycles. The number of esters is 1. The number of ether oxygens (including phenoxy) is 1. The zero-order valence-electron chi connectivity index (χ0n) is 13.8. The van der Waals surface area contributed by atoms with Crippen LogP contribution in [0.4, 0.5) is 0 Å². The van der Waals surface area contributed by atoms with Gasteiger partial charge in [0, 0.05) is 12.1 Å². The Morgan fingerprint density at radius 3 is 2.57 bits per heavy atom. The summed E-state index contributed by atoms with van der Waals surface area (Å²) in [5.41, 5.74) is 2.56. The van der Waals surface area contributed by atoms with Crippen molar-refractivity contribution >= 4 is 11.9 Å². The molecule has 1 aromatic carbocycles. The van der Waals surface area contributed by atoms with Gasteiger partial charge in [-0.3, -0.25) is 4.79 Å². The molecule has 1 amide bonds. The van der Waals surface area contributed by atoms with Gasteiger partial charge in [-0.25, -0.2) is 4.79 Å².